The normalized spacial score (nSPS) is 17.3. The van der Waals surface area contributed by atoms with Crippen molar-refractivity contribution in [1.29, 1.82) is 0 Å². The van der Waals surface area contributed by atoms with Crippen molar-refractivity contribution in [3.63, 3.8) is 0 Å². The molecule has 9 heavy (non-hydrogen) atoms. The molecule has 0 heterocycles. The molecule has 3 heteroatoms. The zero-order chi connectivity index (χ0) is 7.28. The van der Waals surface area contributed by atoms with Gasteiger partial charge in [0.25, 0.3) is 0 Å². The zero-order valence-electron chi connectivity index (χ0n) is 5.81. The van der Waals surface area contributed by atoms with Crippen molar-refractivity contribution in [2.45, 2.75) is 32.0 Å². The van der Waals surface area contributed by atoms with Gasteiger partial charge in [0.2, 0.25) is 0 Å². The van der Waals surface area contributed by atoms with Crippen LogP contribution in [-0.4, -0.2) is 18.8 Å². The van der Waals surface area contributed by atoms with Crippen LogP contribution in [-0.2, 0) is 0 Å². The molecule has 2 nitrogen and oxygen atoms in total. The lowest BCUT2D eigenvalue weighted by molar-refractivity contribution is 0.266. The van der Waals surface area contributed by atoms with Gasteiger partial charge >= 0.3 is 0 Å². The highest BCUT2D eigenvalue weighted by atomic mass is 19.1. The van der Waals surface area contributed by atoms with E-state index in [1.807, 2.05) is 6.92 Å². The van der Waals surface area contributed by atoms with Gasteiger partial charge < -0.3 is 11.5 Å². The second-order valence-corrected chi connectivity index (χ2v) is 2.20. The Bertz CT molecular complexity index is 68.1. The fourth-order valence-electron chi connectivity index (χ4n) is 0.638. The average Bonchev–Trinajstić information content (AvgIpc) is 1.87. The molecule has 0 aliphatic carbocycles. The Morgan fingerprint density at radius 1 is 1.56 bits per heavy atom. The highest BCUT2D eigenvalue weighted by Crippen LogP contribution is 2.03. The van der Waals surface area contributed by atoms with E-state index in [9.17, 15) is 4.39 Å². The molecule has 0 aliphatic rings. The summed E-state index contributed by atoms with van der Waals surface area (Å²) in [7, 11) is 0. The predicted molar refractivity (Wildman–Crippen MR) is 36.8 cm³/mol. The second-order valence-electron chi connectivity index (χ2n) is 2.20. The van der Waals surface area contributed by atoms with Crippen molar-refractivity contribution < 1.29 is 4.39 Å². The standard InChI is InChI=1S/C6H15FN2/c1-2-3-5(7)6(9)4-8/h5-6H,2-4,8-9H2,1H3. The van der Waals surface area contributed by atoms with Crippen LogP contribution in [0.2, 0.25) is 0 Å². The molecule has 0 saturated carbocycles. The minimum atomic E-state index is -0.917. The van der Waals surface area contributed by atoms with E-state index in [4.69, 9.17) is 11.5 Å². The molecular formula is C6H15FN2. The van der Waals surface area contributed by atoms with E-state index < -0.39 is 12.2 Å². The van der Waals surface area contributed by atoms with E-state index in [1.165, 1.54) is 0 Å². The van der Waals surface area contributed by atoms with Crippen molar-refractivity contribution in [2.75, 3.05) is 6.54 Å². The lowest BCUT2D eigenvalue weighted by atomic mass is 10.1. The van der Waals surface area contributed by atoms with Crippen LogP contribution in [0.4, 0.5) is 4.39 Å². The second kappa shape index (κ2) is 4.70. The summed E-state index contributed by atoms with van der Waals surface area (Å²) in [6.07, 6.45) is 0.438. The van der Waals surface area contributed by atoms with Crippen molar-refractivity contribution in [1.82, 2.24) is 0 Å². The zero-order valence-corrected chi connectivity index (χ0v) is 5.81. The van der Waals surface area contributed by atoms with E-state index in [-0.39, 0.29) is 6.54 Å². The number of hydrogen-bond acceptors (Lipinski definition) is 2. The SMILES string of the molecule is CCCC(F)C(N)CN. The van der Waals surface area contributed by atoms with Gasteiger partial charge in [-0.05, 0) is 6.42 Å². The monoisotopic (exact) mass is 134 g/mol. The maximum Gasteiger partial charge on any atom is 0.116 e. The summed E-state index contributed by atoms with van der Waals surface area (Å²) in [5, 5.41) is 0. The molecule has 0 aliphatic heterocycles. The summed E-state index contributed by atoms with van der Waals surface area (Å²) in [5.74, 6) is 0. The third kappa shape index (κ3) is 3.43. The highest BCUT2D eigenvalue weighted by Gasteiger charge is 2.12. The Labute approximate surface area is 55.4 Å². The van der Waals surface area contributed by atoms with Gasteiger partial charge in [-0.1, -0.05) is 13.3 Å². The first-order valence-corrected chi connectivity index (χ1v) is 3.32. The molecular weight excluding hydrogens is 119 g/mol. The van der Waals surface area contributed by atoms with Crippen LogP contribution in [0.15, 0.2) is 0 Å². The maximum absolute atomic E-state index is 12.6. The topological polar surface area (TPSA) is 52.0 Å². The molecule has 0 fully saturated rings. The van der Waals surface area contributed by atoms with E-state index in [0.29, 0.717) is 6.42 Å². The van der Waals surface area contributed by atoms with Crippen LogP contribution >= 0.6 is 0 Å². The van der Waals surface area contributed by atoms with E-state index in [0.717, 1.165) is 6.42 Å². The Morgan fingerprint density at radius 3 is 2.44 bits per heavy atom. The Morgan fingerprint density at radius 2 is 2.11 bits per heavy atom. The van der Waals surface area contributed by atoms with Gasteiger partial charge in [0, 0.05) is 12.6 Å². The first-order valence-electron chi connectivity index (χ1n) is 3.32. The molecule has 0 amide bonds. The van der Waals surface area contributed by atoms with Gasteiger partial charge in [-0.2, -0.15) is 0 Å². The van der Waals surface area contributed by atoms with Crippen molar-refractivity contribution in [3.8, 4) is 0 Å². The minimum absolute atomic E-state index is 0.237. The van der Waals surface area contributed by atoms with Crippen molar-refractivity contribution >= 4 is 0 Å². The van der Waals surface area contributed by atoms with E-state index in [1.54, 1.807) is 0 Å². The summed E-state index contributed by atoms with van der Waals surface area (Å²) in [5.41, 5.74) is 10.4. The predicted octanol–water partition coefficient (Wildman–Crippen LogP) is 0.411. The number of nitrogens with two attached hydrogens (primary N) is 2. The molecule has 0 aromatic carbocycles. The molecule has 0 aromatic rings. The fourth-order valence-corrected chi connectivity index (χ4v) is 0.638. The van der Waals surface area contributed by atoms with Crippen LogP contribution < -0.4 is 11.5 Å². The third-order valence-electron chi connectivity index (χ3n) is 1.30. The number of rotatable bonds is 4. The number of halogens is 1. The molecule has 0 saturated heterocycles. The summed E-state index contributed by atoms with van der Waals surface area (Å²) < 4.78 is 12.6. The van der Waals surface area contributed by atoms with Crippen molar-refractivity contribution in [2.24, 2.45) is 11.5 Å². The Hall–Kier alpha value is -0.150. The van der Waals surface area contributed by atoms with Gasteiger partial charge in [-0.15, -0.1) is 0 Å². The number of alkyl halides is 1. The summed E-state index contributed by atoms with van der Waals surface area (Å²) in [4.78, 5) is 0. The third-order valence-corrected chi connectivity index (χ3v) is 1.30. The van der Waals surface area contributed by atoms with E-state index >= 15 is 0 Å². The molecule has 0 radical (unpaired) electrons. The average molecular weight is 134 g/mol. The number of hydrogen-bond donors (Lipinski definition) is 2. The van der Waals surface area contributed by atoms with Crippen LogP contribution in [0, 0.1) is 0 Å². The lowest BCUT2D eigenvalue weighted by Crippen LogP contribution is -2.38. The molecule has 0 spiro atoms. The fraction of sp³-hybridized carbons (Fsp3) is 1.00. The first kappa shape index (κ1) is 8.85. The lowest BCUT2D eigenvalue weighted by Gasteiger charge is -2.12. The van der Waals surface area contributed by atoms with Gasteiger partial charge in [0.05, 0.1) is 0 Å². The van der Waals surface area contributed by atoms with Crippen LogP contribution in [0.3, 0.4) is 0 Å². The minimum Gasteiger partial charge on any atom is -0.329 e. The highest BCUT2D eigenvalue weighted by molar-refractivity contribution is 4.71. The molecule has 2 atom stereocenters. The smallest absolute Gasteiger partial charge is 0.116 e. The Balaban J connectivity index is 3.32. The van der Waals surface area contributed by atoms with Gasteiger partial charge in [0.1, 0.15) is 6.17 Å². The van der Waals surface area contributed by atoms with Crippen molar-refractivity contribution in [3.05, 3.63) is 0 Å². The summed E-state index contributed by atoms with van der Waals surface area (Å²) in [6, 6.07) is -0.468. The van der Waals surface area contributed by atoms with Gasteiger partial charge in [-0.25, -0.2) is 4.39 Å². The van der Waals surface area contributed by atoms with Crippen LogP contribution in [0.5, 0.6) is 0 Å². The largest absolute Gasteiger partial charge is 0.329 e. The van der Waals surface area contributed by atoms with Gasteiger partial charge in [0.15, 0.2) is 0 Å². The summed E-state index contributed by atoms with van der Waals surface area (Å²) in [6.45, 7) is 2.16. The molecule has 0 rings (SSSR count). The molecule has 56 valence electrons. The molecule has 4 N–H and O–H groups in total. The van der Waals surface area contributed by atoms with Crippen LogP contribution in [0.25, 0.3) is 0 Å². The molecule has 0 bridgehead atoms. The summed E-state index contributed by atoms with van der Waals surface area (Å²) >= 11 is 0. The van der Waals surface area contributed by atoms with Crippen LogP contribution in [0.1, 0.15) is 19.8 Å². The molecule has 2 unspecified atom stereocenters. The molecule has 0 aromatic heterocycles. The maximum atomic E-state index is 12.6. The first-order chi connectivity index (χ1) is 4.22. The Kier molecular flexibility index (Phi) is 4.62. The van der Waals surface area contributed by atoms with Gasteiger partial charge in [-0.3, -0.25) is 0 Å². The quantitative estimate of drug-likeness (QED) is 0.585. The van der Waals surface area contributed by atoms with E-state index in [2.05, 4.69) is 0 Å².